The molecular formula is C11H17NOS. The Hall–Kier alpha value is -0.510. The smallest absolute Gasteiger partial charge is 0.0653 e. The van der Waals surface area contributed by atoms with E-state index < -0.39 is 0 Å². The Morgan fingerprint density at radius 1 is 1.29 bits per heavy atom. The van der Waals surface area contributed by atoms with E-state index >= 15 is 0 Å². The monoisotopic (exact) mass is 211 g/mol. The maximum Gasteiger partial charge on any atom is 0.0653 e. The molecule has 0 fully saturated rings. The van der Waals surface area contributed by atoms with E-state index in [9.17, 15) is 0 Å². The lowest BCUT2D eigenvalue weighted by molar-refractivity contribution is 0.0519. The Morgan fingerprint density at radius 2 is 2.00 bits per heavy atom. The number of thioether (sulfide) groups is 1. The van der Waals surface area contributed by atoms with Crippen molar-refractivity contribution in [1.29, 1.82) is 0 Å². The Bertz CT molecular complexity index is 248. The molecule has 0 aliphatic heterocycles. The molecule has 2 nitrogen and oxygen atoms in total. The molecule has 1 aromatic carbocycles. The summed E-state index contributed by atoms with van der Waals surface area (Å²) < 4.78 is 0. The second-order valence-corrected chi connectivity index (χ2v) is 3.81. The first kappa shape index (κ1) is 11.6. The van der Waals surface area contributed by atoms with Crippen LogP contribution in [0, 0.1) is 0 Å². The van der Waals surface area contributed by atoms with Crippen LogP contribution in [0.2, 0.25) is 0 Å². The quantitative estimate of drug-likeness (QED) is 0.444. The van der Waals surface area contributed by atoms with Crippen LogP contribution in [-0.2, 0) is 11.3 Å². The van der Waals surface area contributed by atoms with Gasteiger partial charge in [0.25, 0.3) is 0 Å². The molecule has 0 saturated heterocycles. The first-order valence-corrected chi connectivity index (χ1v) is 6.07. The summed E-state index contributed by atoms with van der Waals surface area (Å²) in [4.78, 5) is 6.36. The van der Waals surface area contributed by atoms with Crippen molar-refractivity contribution in [3.8, 4) is 0 Å². The topological polar surface area (TPSA) is 21.3 Å². The van der Waals surface area contributed by atoms with Crippen LogP contribution in [0.5, 0.6) is 0 Å². The third-order valence-corrected chi connectivity index (χ3v) is 2.66. The zero-order valence-corrected chi connectivity index (χ0v) is 9.56. The third kappa shape index (κ3) is 4.13. The molecule has 0 amide bonds. The summed E-state index contributed by atoms with van der Waals surface area (Å²) in [6.45, 7) is 3.55. The van der Waals surface area contributed by atoms with Gasteiger partial charge in [-0.1, -0.05) is 12.1 Å². The van der Waals surface area contributed by atoms with Gasteiger partial charge in [-0.2, -0.15) is 0 Å². The van der Waals surface area contributed by atoms with E-state index in [1.54, 1.807) is 11.8 Å². The molecule has 0 heterocycles. The van der Waals surface area contributed by atoms with Gasteiger partial charge >= 0.3 is 0 Å². The van der Waals surface area contributed by atoms with E-state index in [1.165, 1.54) is 10.5 Å². The van der Waals surface area contributed by atoms with Gasteiger partial charge in [0, 0.05) is 11.4 Å². The largest absolute Gasteiger partial charge is 0.302 e. The predicted octanol–water partition coefficient (Wildman–Crippen LogP) is 2.49. The number of benzene rings is 1. The van der Waals surface area contributed by atoms with Crippen molar-refractivity contribution in [2.75, 3.05) is 19.4 Å². The van der Waals surface area contributed by atoms with Gasteiger partial charge in [0.2, 0.25) is 0 Å². The van der Waals surface area contributed by atoms with Gasteiger partial charge in [0.05, 0.1) is 6.61 Å². The molecule has 0 spiro atoms. The molecule has 0 aromatic heterocycles. The maximum atomic E-state index is 5.05. The average Bonchev–Trinajstić information content (AvgIpc) is 2.25. The van der Waals surface area contributed by atoms with E-state index in [0.717, 1.165) is 13.0 Å². The molecule has 1 rings (SSSR count). The minimum atomic E-state index is 0.714. The molecule has 0 saturated carbocycles. The van der Waals surface area contributed by atoms with E-state index in [2.05, 4.69) is 36.0 Å². The van der Waals surface area contributed by atoms with Crippen molar-refractivity contribution in [3.63, 3.8) is 0 Å². The molecule has 1 aromatic rings. The van der Waals surface area contributed by atoms with Gasteiger partial charge < -0.3 is 4.84 Å². The molecule has 0 radical (unpaired) electrons. The molecule has 0 unspecified atom stereocenters. The Kier molecular flexibility index (Phi) is 5.68. The molecule has 1 N–H and O–H groups in total. The summed E-state index contributed by atoms with van der Waals surface area (Å²) in [5.74, 6) is 0. The van der Waals surface area contributed by atoms with Crippen LogP contribution in [-0.4, -0.2) is 19.4 Å². The standard InChI is InChI=1S/C11H17NOS/c1-3-13-12-9-8-10-4-6-11(14-2)7-5-10/h4-7,12H,3,8-9H2,1-2H3. The van der Waals surface area contributed by atoms with Crippen LogP contribution in [0.4, 0.5) is 0 Å². The highest BCUT2D eigenvalue weighted by molar-refractivity contribution is 7.98. The normalized spacial score (nSPS) is 10.4. The average molecular weight is 211 g/mol. The fourth-order valence-corrected chi connectivity index (χ4v) is 1.57. The van der Waals surface area contributed by atoms with Crippen molar-refractivity contribution < 1.29 is 4.84 Å². The first-order valence-electron chi connectivity index (χ1n) is 4.84. The van der Waals surface area contributed by atoms with E-state index in [0.29, 0.717) is 6.61 Å². The molecule has 0 atom stereocenters. The van der Waals surface area contributed by atoms with Crippen molar-refractivity contribution in [1.82, 2.24) is 5.48 Å². The predicted molar refractivity (Wildman–Crippen MR) is 61.6 cm³/mol. The lowest BCUT2D eigenvalue weighted by atomic mass is 10.2. The zero-order valence-electron chi connectivity index (χ0n) is 8.75. The summed E-state index contributed by atoms with van der Waals surface area (Å²) in [5, 5.41) is 0. The molecule has 0 bridgehead atoms. The second kappa shape index (κ2) is 6.87. The molecule has 0 aliphatic rings. The van der Waals surface area contributed by atoms with Crippen LogP contribution >= 0.6 is 11.8 Å². The highest BCUT2D eigenvalue weighted by atomic mass is 32.2. The first-order chi connectivity index (χ1) is 6.86. The summed E-state index contributed by atoms with van der Waals surface area (Å²) >= 11 is 1.77. The van der Waals surface area contributed by atoms with E-state index in [4.69, 9.17) is 4.84 Å². The van der Waals surface area contributed by atoms with Gasteiger partial charge in [-0.3, -0.25) is 0 Å². The van der Waals surface area contributed by atoms with Crippen LogP contribution in [0.1, 0.15) is 12.5 Å². The summed E-state index contributed by atoms with van der Waals surface area (Å²) in [5.41, 5.74) is 4.25. The molecule has 3 heteroatoms. The number of rotatable bonds is 6. The molecule has 0 aliphatic carbocycles. The number of hydroxylamine groups is 1. The summed E-state index contributed by atoms with van der Waals surface area (Å²) in [7, 11) is 0. The SMILES string of the molecule is CCONCCc1ccc(SC)cc1. The van der Waals surface area contributed by atoms with Crippen molar-refractivity contribution in [3.05, 3.63) is 29.8 Å². The van der Waals surface area contributed by atoms with Crippen LogP contribution in [0.15, 0.2) is 29.2 Å². The highest BCUT2D eigenvalue weighted by Crippen LogP contribution is 2.14. The van der Waals surface area contributed by atoms with Gasteiger partial charge in [0.1, 0.15) is 0 Å². The van der Waals surface area contributed by atoms with E-state index in [1.807, 2.05) is 6.92 Å². The van der Waals surface area contributed by atoms with Gasteiger partial charge in [-0.05, 0) is 37.3 Å². The van der Waals surface area contributed by atoms with Crippen molar-refractivity contribution in [2.45, 2.75) is 18.2 Å². The Morgan fingerprint density at radius 3 is 2.57 bits per heavy atom. The highest BCUT2D eigenvalue weighted by Gasteiger charge is 1.93. The van der Waals surface area contributed by atoms with Gasteiger partial charge in [-0.25, -0.2) is 5.48 Å². The fraction of sp³-hybridized carbons (Fsp3) is 0.455. The zero-order chi connectivity index (χ0) is 10.2. The maximum absolute atomic E-state index is 5.05. The molecular weight excluding hydrogens is 194 g/mol. The summed E-state index contributed by atoms with van der Waals surface area (Å²) in [6.07, 6.45) is 3.10. The van der Waals surface area contributed by atoms with Crippen molar-refractivity contribution >= 4 is 11.8 Å². The molecule has 78 valence electrons. The van der Waals surface area contributed by atoms with Crippen LogP contribution in [0.25, 0.3) is 0 Å². The second-order valence-electron chi connectivity index (χ2n) is 2.93. The number of nitrogens with one attached hydrogen (secondary N) is 1. The van der Waals surface area contributed by atoms with Crippen LogP contribution < -0.4 is 5.48 Å². The minimum Gasteiger partial charge on any atom is -0.302 e. The lowest BCUT2D eigenvalue weighted by Crippen LogP contribution is -2.17. The van der Waals surface area contributed by atoms with Gasteiger partial charge in [0.15, 0.2) is 0 Å². The Labute approximate surface area is 90.0 Å². The van der Waals surface area contributed by atoms with Crippen LogP contribution in [0.3, 0.4) is 0 Å². The lowest BCUT2D eigenvalue weighted by Gasteiger charge is -2.04. The Balaban J connectivity index is 2.29. The van der Waals surface area contributed by atoms with Crippen molar-refractivity contribution in [2.24, 2.45) is 0 Å². The van der Waals surface area contributed by atoms with E-state index in [-0.39, 0.29) is 0 Å². The number of hydrogen-bond acceptors (Lipinski definition) is 3. The summed E-state index contributed by atoms with van der Waals surface area (Å²) in [6, 6.07) is 8.64. The van der Waals surface area contributed by atoms with Gasteiger partial charge in [-0.15, -0.1) is 11.8 Å². The number of hydrogen-bond donors (Lipinski definition) is 1. The third-order valence-electron chi connectivity index (χ3n) is 1.92. The molecule has 14 heavy (non-hydrogen) atoms. The minimum absolute atomic E-state index is 0.714. The fourth-order valence-electron chi connectivity index (χ4n) is 1.16.